The number of hydrogen-bond acceptors (Lipinski definition) is 3. The molecule has 1 aliphatic carbocycles. The summed E-state index contributed by atoms with van der Waals surface area (Å²) in [5.41, 5.74) is 3.13. The largest absolute Gasteiger partial charge is 0.426 e. The molecule has 1 saturated carbocycles. The Morgan fingerprint density at radius 3 is 1.68 bits per heavy atom. The first-order valence-electron chi connectivity index (χ1n) is 16.5. The molecule has 3 nitrogen and oxygen atoms in total. The van der Waals surface area contributed by atoms with Gasteiger partial charge in [0.15, 0.2) is 0 Å². The van der Waals surface area contributed by atoms with Gasteiger partial charge in [0.1, 0.15) is 5.75 Å². The van der Waals surface area contributed by atoms with Crippen molar-refractivity contribution in [1.82, 2.24) is 0 Å². The fourth-order valence-electron chi connectivity index (χ4n) is 6.10. The van der Waals surface area contributed by atoms with E-state index in [4.69, 9.17) is 10.00 Å². The van der Waals surface area contributed by atoms with Gasteiger partial charge in [-0.1, -0.05) is 121 Å². The molecule has 3 heteroatoms. The SMILES string of the molecule is CCCCCCCCCCCCCCCC1CCC(C(=O)Oc2ccc(CCc3ccc(C#N)cc3)cc2)CC1. The van der Waals surface area contributed by atoms with E-state index >= 15 is 0 Å². The quantitative estimate of drug-likeness (QED) is 0.101. The van der Waals surface area contributed by atoms with Crippen LogP contribution in [0.4, 0.5) is 0 Å². The number of nitriles is 1. The topological polar surface area (TPSA) is 50.1 Å². The zero-order valence-electron chi connectivity index (χ0n) is 25.2. The van der Waals surface area contributed by atoms with E-state index in [2.05, 4.69) is 25.1 Å². The van der Waals surface area contributed by atoms with Crippen LogP contribution in [0.2, 0.25) is 0 Å². The second-order valence-corrected chi connectivity index (χ2v) is 12.1. The minimum Gasteiger partial charge on any atom is -0.426 e. The Morgan fingerprint density at radius 1 is 0.700 bits per heavy atom. The number of esters is 1. The lowest BCUT2D eigenvalue weighted by molar-refractivity contribution is -0.140. The highest BCUT2D eigenvalue weighted by atomic mass is 16.5. The van der Waals surface area contributed by atoms with Crippen LogP contribution in [-0.4, -0.2) is 5.97 Å². The van der Waals surface area contributed by atoms with E-state index in [9.17, 15) is 4.79 Å². The van der Waals surface area contributed by atoms with Crippen LogP contribution in [-0.2, 0) is 17.6 Å². The van der Waals surface area contributed by atoms with Gasteiger partial charge in [-0.15, -0.1) is 0 Å². The minimum atomic E-state index is -0.0512. The Morgan fingerprint density at radius 2 is 1.18 bits per heavy atom. The van der Waals surface area contributed by atoms with Crippen LogP contribution in [0.25, 0.3) is 0 Å². The molecule has 1 aliphatic rings. The third-order valence-electron chi connectivity index (χ3n) is 8.82. The van der Waals surface area contributed by atoms with Gasteiger partial charge in [-0.3, -0.25) is 4.79 Å². The number of carbonyl (C=O) groups excluding carboxylic acids is 1. The first-order chi connectivity index (χ1) is 19.7. The summed E-state index contributed by atoms with van der Waals surface area (Å²) in [7, 11) is 0. The van der Waals surface area contributed by atoms with Crippen molar-refractivity contribution in [1.29, 1.82) is 5.26 Å². The van der Waals surface area contributed by atoms with E-state index < -0.39 is 0 Å². The van der Waals surface area contributed by atoms with E-state index in [0.717, 1.165) is 31.6 Å². The van der Waals surface area contributed by atoms with Crippen LogP contribution in [0.15, 0.2) is 48.5 Å². The van der Waals surface area contributed by atoms with Crippen LogP contribution < -0.4 is 4.74 Å². The lowest BCUT2D eigenvalue weighted by Crippen LogP contribution is -2.25. The maximum Gasteiger partial charge on any atom is 0.314 e. The van der Waals surface area contributed by atoms with Crippen LogP contribution in [0.5, 0.6) is 5.75 Å². The molecule has 0 unspecified atom stereocenters. The average Bonchev–Trinajstić information content (AvgIpc) is 2.99. The number of benzene rings is 2. The molecule has 0 bridgehead atoms. The average molecular weight is 544 g/mol. The van der Waals surface area contributed by atoms with Crippen LogP contribution in [0.1, 0.15) is 139 Å². The number of carbonyl (C=O) groups is 1. The molecule has 0 spiro atoms. The molecule has 0 atom stereocenters. The Balaban J connectivity index is 1.20. The van der Waals surface area contributed by atoms with E-state index in [1.54, 1.807) is 0 Å². The smallest absolute Gasteiger partial charge is 0.314 e. The molecular weight excluding hydrogens is 490 g/mol. The standard InChI is InChI=1S/C37H53NO2/c1-2-3-4-5-6-7-8-9-10-11-12-13-14-15-31-22-26-35(27-23-31)37(39)40-36-28-24-33(25-29-36)17-16-32-18-20-34(30-38)21-19-32/h18-21,24-25,28-29,31,35H,2-17,22-23,26-27H2,1H3. The highest BCUT2D eigenvalue weighted by molar-refractivity contribution is 5.75. The molecule has 0 heterocycles. The monoisotopic (exact) mass is 543 g/mol. The molecule has 0 radical (unpaired) electrons. The normalized spacial score (nSPS) is 16.9. The molecule has 0 saturated heterocycles. The first kappa shape index (κ1) is 31.9. The number of hydrogen-bond donors (Lipinski definition) is 0. The van der Waals surface area contributed by atoms with Crippen molar-refractivity contribution < 1.29 is 9.53 Å². The van der Waals surface area contributed by atoms with Gasteiger partial charge in [0.2, 0.25) is 0 Å². The van der Waals surface area contributed by atoms with Crippen LogP contribution in [0, 0.1) is 23.2 Å². The maximum atomic E-state index is 12.8. The lowest BCUT2D eigenvalue weighted by atomic mass is 9.79. The molecule has 218 valence electrons. The van der Waals surface area contributed by atoms with Gasteiger partial charge < -0.3 is 4.74 Å². The van der Waals surface area contributed by atoms with E-state index in [1.165, 1.54) is 114 Å². The number of ether oxygens (including phenoxy) is 1. The minimum absolute atomic E-state index is 0.0512. The summed E-state index contributed by atoms with van der Waals surface area (Å²) in [6.45, 7) is 2.29. The first-order valence-corrected chi connectivity index (χ1v) is 16.5. The molecule has 3 rings (SSSR count). The molecule has 0 aromatic heterocycles. The van der Waals surface area contributed by atoms with E-state index in [0.29, 0.717) is 11.3 Å². The van der Waals surface area contributed by atoms with E-state index in [1.807, 2.05) is 36.4 Å². The number of unbranched alkanes of at least 4 members (excludes halogenated alkanes) is 12. The van der Waals surface area contributed by atoms with E-state index in [-0.39, 0.29) is 11.9 Å². The third kappa shape index (κ3) is 12.7. The fourth-order valence-corrected chi connectivity index (χ4v) is 6.10. The zero-order chi connectivity index (χ0) is 28.3. The highest BCUT2D eigenvalue weighted by Crippen LogP contribution is 2.33. The summed E-state index contributed by atoms with van der Waals surface area (Å²) in [6.07, 6.45) is 25.8. The van der Waals surface area contributed by atoms with Crippen molar-refractivity contribution in [2.75, 3.05) is 0 Å². The van der Waals surface area contributed by atoms with Gasteiger partial charge in [0.25, 0.3) is 0 Å². The van der Waals surface area contributed by atoms with Gasteiger partial charge in [-0.05, 0) is 79.8 Å². The summed E-state index contributed by atoms with van der Waals surface area (Å²) in [5, 5.41) is 8.93. The van der Waals surface area contributed by atoms with Gasteiger partial charge in [-0.2, -0.15) is 5.26 Å². The zero-order valence-corrected chi connectivity index (χ0v) is 25.2. The van der Waals surface area contributed by atoms with Gasteiger partial charge in [-0.25, -0.2) is 0 Å². The van der Waals surface area contributed by atoms with Crippen molar-refractivity contribution >= 4 is 5.97 Å². The van der Waals surface area contributed by atoms with Crippen molar-refractivity contribution in [2.24, 2.45) is 11.8 Å². The third-order valence-corrected chi connectivity index (χ3v) is 8.82. The summed E-state index contributed by atoms with van der Waals surface area (Å²) in [4.78, 5) is 12.8. The van der Waals surface area contributed by atoms with Crippen molar-refractivity contribution in [2.45, 2.75) is 135 Å². The predicted molar refractivity (Wildman–Crippen MR) is 166 cm³/mol. The summed E-state index contributed by atoms with van der Waals surface area (Å²) < 4.78 is 5.75. The Bertz CT molecular complexity index is 980. The fraction of sp³-hybridized carbons (Fsp3) is 0.622. The number of rotatable bonds is 19. The van der Waals surface area contributed by atoms with Crippen molar-refractivity contribution in [3.8, 4) is 11.8 Å². The summed E-state index contributed by atoms with van der Waals surface area (Å²) >= 11 is 0. The van der Waals surface area contributed by atoms with Crippen molar-refractivity contribution in [3.63, 3.8) is 0 Å². The molecule has 2 aromatic carbocycles. The summed E-state index contributed by atoms with van der Waals surface area (Å²) in [6, 6.07) is 17.9. The van der Waals surface area contributed by atoms with Crippen LogP contribution >= 0.6 is 0 Å². The lowest BCUT2D eigenvalue weighted by Gasteiger charge is -2.27. The number of aryl methyl sites for hydroxylation is 2. The molecule has 0 amide bonds. The van der Waals surface area contributed by atoms with Crippen LogP contribution in [0.3, 0.4) is 0 Å². The van der Waals surface area contributed by atoms with Gasteiger partial charge >= 0.3 is 5.97 Å². The number of nitrogens with zero attached hydrogens (tertiary/aromatic N) is 1. The molecule has 0 N–H and O–H groups in total. The second kappa shape index (κ2) is 19.5. The Hall–Kier alpha value is -2.60. The maximum absolute atomic E-state index is 12.8. The molecular formula is C37H53NO2. The van der Waals surface area contributed by atoms with Crippen molar-refractivity contribution in [3.05, 3.63) is 65.2 Å². The second-order valence-electron chi connectivity index (χ2n) is 12.1. The Labute approximate surface area is 244 Å². The summed E-state index contributed by atoms with van der Waals surface area (Å²) in [5.74, 6) is 1.46. The molecule has 40 heavy (non-hydrogen) atoms. The van der Waals surface area contributed by atoms with Gasteiger partial charge in [0, 0.05) is 0 Å². The molecule has 1 fully saturated rings. The highest BCUT2D eigenvalue weighted by Gasteiger charge is 2.27. The predicted octanol–water partition coefficient (Wildman–Crippen LogP) is 10.5. The Kier molecular flexibility index (Phi) is 15.5. The molecule has 2 aromatic rings. The van der Waals surface area contributed by atoms with Gasteiger partial charge in [0.05, 0.1) is 17.6 Å². The molecule has 0 aliphatic heterocycles.